The summed E-state index contributed by atoms with van der Waals surface area (Å²) in [6, 6.07) is 1.72. The van der Waals surface area contributed by atoms with Crippen LogP contribution < -0.4 is 10.5 Å². The minimum atomic E-state index is -3.37. The molecule has 1 aliphatic rings. The van der Waals surface area contributed by atoms with Crippen LogP contribution in [0.1, 0.15) is 36.6 Å². The summed E-state index contributed by atoms with van der Waals surface area (Å²) in [5, 5.41) is 0. The third kappa shape index (κ3) is 3.37. The van der Waals surface area contributed by atoms with Crippen molar-refractivity contribution in [3.05, 3.63) is 16.5 Å². The first kappa shape index (κ1) is 15.0. The maximum atomic E-state index is 12.2. The zero-order valence-electron chi connectivity index (χ0n) is 11.5. The molecule has 0 aliphatic heterocycles. The van der Waals surface area contributed by atoms with E-state index in [-0.39, 0.29) is 0 Å². The van der Waals surface area contributed by atoms with Crippen LogP contribution in [-0.4, -0.2) is 15.0 Å². The Bertz CT molecular complexity index is 537. The Kier molecular flexibility index (Phi) is 4.66. The van der Waals surface area contributed by atoms with Crippen LogP contribution in [0.3, 0.4) is 0 Å². The molecule has 0 spiro atoms. The zero-order chi connectivity index (χ0) is 14.0. The largest absolute Gasteiger partial charge is 0.326 e. The Morgan fingerprint density at radius 2 is 2.21 bits per heavy atom. The van der Waals surface area contributed by atoms with E-state index in [4.69, 9.17) is 5.73 Å². The molecule has 1 aromatic rings. The van der Waals surface area contributed by atoms with Crippen molar-refractivity contribution in [1.82, 2.24) is 4.72 Å². The highest BCUT2D eigenvalue weighted by molar-refractivity contribution is 7.91. The fourth-order valence-electron chi connectivity index (χ4n) is 2.64. The number of nitrogens with one attached hydrogen (secondary N) is 1. The number of sulfonamides is 1. The van der Waals surface area contributed by atoms with Gasteiger partial charge in [0, 0.05) is 18.0 Å². The van der Waals surface area contributed by atoms with Gasteiger partial charge in [-0.1, -0.05) is 19.8 Å². The minimum Gasteiger partial charge on any atom is -0.326 e. The van der Waals surface area contributed by atoms with Crippen LogP contribution in [0.5, 0.6) is 0 Å². The maximum Gasteiger partial charge on any atom is 0.250 e. The Balaban J connectivity index is 2.05. The van der Waals surface area contributed by atoms with Gasteiger partial charge in [-0.2, -0.15) is 0 Å². The molecule has 4 nitrogen and oxygen atoms in total. The molecule has 0 aromatic carbocycles. The molecule has 0 bridgehead atoms. The highest BCUT2D eigenvalue weighted by atomic mass is 32.2. The van der Waals surface area contributed by atoms with Gasteiger partial charge >= 0.3 is 0 Å². The lowest BCUT2D eigenvalue weighted by Crippen LogP contribution is -2.29. The normalized spacial score (nSPS) is 23.9. The standard InChI is InChI=1S/C13H22N2O2S2/c1-9-4-3-5-11(9)8-15-19(16,17)13-6-10(2)12(7-14)18-13/h6,9,11,15H,3-5,7-8,14H2,1-2H3. The third-order valence-electron chi connectivity index (χ3n) is 4.02. The van der Waals surface area contributed by atoms with Gasteiger partial charge in [-0.3, -0.25) is 0 Å². The van der Waals surface area contributed by atoms with Gasteiger partial charge in [0.25, 0.3) is 0 Å². The molecule has 108 valence electrons. The number of rotatable bonds is 5. The minimum absolute atomic E-state index is 0.385. The molecule has 0 radical (unpaired) electrons. The number of hydrogen-bond donors (Lipinski definition) is 2. The number of thiophene rings is 1. The number of hydrogen-bond acceptors (Lipinski definition) is 4. The van der Waals surface area contributed by atoms with Crippen molar-refractivity contribution in [1.29, 1.82) is 0 Å². The van der Waals surface area contributed by atoms with Crippen LogP contribution in [0.4, 0.5) is 0 Å². The van der Waals surface area contributed by atoms with Crippen molar-refractivity contribution >= 4 is 21.4 Å². The van der Waals surface area contributed by atoms with Gasteiger partial charge in [0.1, 0.15) is 4.21 Å². The van der Waals surface area contributed by atoms with E-state index < -0.39 is 10.0 Å². The molecule has 2 unspecified atom stereocenters. The molecule has 0 saturated heterocycles. The molecule has 1 fully saturated rings. The van der Waals surface area contributed by atoms with Crippen molar-refractivity contribution in [2.75, 3.05) is 6.54 Å². The monoisotopic (exact) mass is 302 g/mol. The van der Waals surface area contributed by atoms with Crippen molar-refractivity contribution in [2.45, 2.75) is 43.9 Å². The van der Waals surface area contributed by atoms with E-state index in [1.165, 1.54) is 24.2 Å². The summed E-state index contributed by atoms with van der Waals surface area (Å²) in [5.74, 6) is 1.09. The van der Waals surface area contributed by atoms with Gasteiger partial charge < -0.3 is 5.73 Å². The molecule has 1 aliphatic carbocycles. The van der Waals surface area contributed by atoms with E-state index in [1.807, 2.05) is 6.92 Å². The first-order valence-electron chi connectivity index (χ1n) is 6.73. The van der Waals surface area contributed by atoms with Crippen LogP contribution in [0.2, 0.25) is 0 Å². The molecule has 19 heavy (non-hydrogen) atoms. The van der Waals surface area contributed by atoms with Crippen LogP contribution in [0.25, 0.3) is 0 Å². The molecule has 2 atom stereocenters. The molecule has 2 rings (SSSR count). The summed E-state index contributed by atoms with van der Waals surface area (Å²) in [5.41, 5.74) is 6.55. The Labute approximate surface area is 119 Å². The molecule has 6 heteroatoms. The van der Waals surface area contributed by atoms with Gasteiger partial charge in [0.2, 0.25) is 10.0 Å². The van der Waals surface area contributed by atoms with Gasteiger partial charge in [-0.15, -0.1) is 11.3 Å². The predicted octanol–water partition coefficient (Wildman–Crippen LogP) is 2.23. The highest BCUT2D eigenvalue weighted by Gasteiger charge is 2.26. The topological polar surface area (TPSA) is 72.2 Å². The van der Waals surface area contributed by atoms with Crippen LogP contribution in [0.15, 0.2) is 10.3 Å². The Morgan fingerprint density at radius 3 is 2.74 bits per heavy atom. The van der Waals surface area contributed by atoms with Gasteiger partial charge in [-0.25, -0.2) is 13.1 Å². The average Bonchev–Trinajstić information content (AvgIpc) is 2.93. The molecular weight excluding hydrogens is 280 g/mol. The number of nitrogens with two attached hydrogens (primary N) is 1. The molecule has 0 amide bonds. The van der Waals surface area contributed by atoms with Crippen LogP contribution in [0, 0.1) is 18.8 Å². The van der Waals surface area contributed by atoms with Crippen LogP contribution in [-0.2, 0) is 16.6 Å². The summed E-state index contributed by atoms with van der Waals surface area (Å²) in [7, 11) is -3.37. The van der Waals surface area contributed by atoms with E-state index in [1.54, 1.807) is 6.07 Å². The molecular formula is C13H22N2O2S2. The summed E-state index contributed by atoms with van der Waals surface area (Å²) < 4.78 is 27.6. The molecule has 1 heterocycles. The number of aryl methyl sites for hydroxylation is 1. The lowest BCUT2D eigenvalue weighted by molar-refractivity contribution is 0.414. The summed E-state index contributed by atoms with van der Waals surface area (Å²) in [4.78, 5) is 0.939. The first-order valence-corrected chi connectivity index (χ1v) is 9.03. The SMILES string of the molecule is Cc1cc(S(=O)(=O)NCC2CCCC2C)sc1CN. The second-order valence-corrected chi connectivity index (χ2v) is 8.53. The average molecular weight is 302 g/mol. The molecule has 3 N–H and O–H groups in total. The predicted molar refractivity (Wildman–Crippen MR) is 78.6 cm³/mol. The summed E-state index contributed by atoms with van der Waals surface area (Å²) >= 11 is 1.27. The zero-order valence-corrected chi connectivity index (χ0v) is 13.1. The van der Waals surface area contributed by atoms with E-state index in [0.717, 1.165) is 16.9 Å². The van der Waals surface area contributed by atoms with E-state index in [0.29, 0.717) is 29.1 Å². The Hall–Kier alpha value is -0.430. The summed E-state index contributed by atoms with van der Waals surface area (Å²) in [6.07, 6.45) is 3.55. The lowest BCUT2D eigenvalue weighted by Gasteiger charge is -2.15. The van der Waals surface area contributed by atoms with Gasteiger partial charge in [0.05, 0.1) is 0 Å². The smallest absolute Gasteiger partial charge is 0.250 e. The highest BCUT2D eigenvalue weighted by Crippen LogP contribution is 2.31. The fraction of sp³-hybridized carbons (Fsp3) is 0.692. The summed E-state index contributed by atoms with van der Waals surface area (Å²) in [6.45, 7) is 5.05. The van der Waals surface area contributed by atoms with Crippen molar-refractivity contribution in [3.8, 4) is 0 Å². The quantitative estimate of drug-likeness (QED) is 0.876. The third-order valence-corrected chi connectivity index (χ3v) is 7.18. The van der Waals surface area contributed by atoms with Crippen molar-refractivity contribution in [3.63, 3.8) is 0 Å². The van der Waals surface area contributed by atoms with Gasteiger partial charge in [-0.05, 0) is 36.8 Å². The van der Waals surface area contributed by atoms with E-state index >= 15 is 0 Å². The second kappa shape index (κ2) is 5.91. The fourth-order valence-corrected chi connectivity index (χ4v) is 5.24. The first-order chi connectivity index (χ1) is 8.94. The van der Waals surface area contributed by atoms with Crippen LogP contribution >= 0.6 is 11.3 Å². The Morgan fingerprint density at radius 1 is 1.47 bits per heavy atom. The van der Waals surface area contributed by atoms with Crippen molar-refractivity contribution in [2.24, 2.45) is 17.6 Å². The van der Waals surface area contributed by atoms with Crippen molar-refractivity contribution < 1.29 is 8.42 Å². The van der Waals surface area contributed by atoms with E-state index in [9.17, 15) is 8.42 Å². The lowest BCUT2D eigenvalue weighted by atomic mass is 9.99. The van der Waals surface area contributed by atoms with Gasteiger partial charge in [0.15, 0.2) is 0 Å². The molecule has 1 aromatic heterocycles. The van der Waals surface area contributed by atoms with E-state index in [2.05, 4.69) is 11.6 Å². The molecule has 1 saturated carbocycles. The maximum absolute atomic E-state index is 12.2. The second-order valence-electron chi connectivity index (χ2n) is 5.40.